The monoisotopic (exact) mass is 772 g/mol. The van der Waals surface area contributed by atoms with Crippen LogP contribution in [0.25, 0.3) is 16.7 Å². The molecule has 1 aliphatic carbocycles. The minimum Gasteiger partial charge on any atom is -0.345 e. The Morgan fingerprint density at radius 2 is 1.19 bits per heavy atom. The molecule has 8 rings (SSSR count). The quantitative estimate of drug-likeness (QED) is 0.0786. The molecule has 280 valence electrons. The number of benzene rings is 6. The van der Waals surface area contributed by atoms with Gasteiger partial charge in [-0.3, -0.25) is 15.0 Å². The summed E-state index contributed by atoms with van der Waals surface area (Å²) >= 11 is 1.46. The predicted octanol–water partition coefficient (Wildman–Crippen LogP) is 12.8. The highest BCUT2D eigenvalue weighted by atomic mass is 32.1. The van der Waals surface area contributed by atoms with E-state index in [1.54, 1.807) is 18.2 Å². The van der Waals surface area contributed by atoms with Crippen LogP contribution >= 0.6 is 11.3 Å². The van der Waals surface area contributed by atoms with Gasteiger partial charge in [-0.1, -0.05) is 109 Å². The number of nitrogens with zero attached hydrogens (tertiary/aromatic N) is 5. The van der Waals surface area contributed by atoms with Crippen molar-refractivity contribution in [3.05, 3.63) is 226 Å². The van der Waals surface area contributed by atoms with E-state index in [2.05, 4.69) is 102 Å². The molecule has 1 aliphatic rings. The predicted molar refractivity (Wildman–Crippen MR) is 238 cm³/mol. The van der Waals surface area contributed by atoms with Gasteiger partial charge in [0.05, 0.1) is 10.5 Å². The number of nitro benzene ring substituents is 1. The number of hydrogen-bond donors (Lipinski definition) is 0. The van der Waals surface area contributed by atoms with Crippen molar-refractivity contribution in [3.8, 4) is 17.2 Å². The van der Waals surface area contributed by atoms with Gasteiger partial charge in [0.2, 0.25) is 11.4 Å². The Labute approximate surface area is 342 Å². The lowest BCUT2D eigenvalue weighted by Crippen LogP contribution is -2.11. The lowest BCUT2D eigenvalue weighted by atomic mass is 9.90. The molecule has 0 radical (unpaired) electrons. The van der Waals surface area contributed by atoms with E-state index in [0.29, 0.717) is 21.9 Å². The van der Waals surface area contributed by atoms with Crippen LogP contribution in [-0.2, 0) is 0 Å². The van der Waals surface area contributed by atoms with Gasteiger partial charge in [-0.15, -0.1) is 11.3 Å². The Morgan fingerprint density at radius 3 is 1.79 bits per heavy atom. The second-order valence-electron chi connectivity index (χ2n) is 13.6. The number of thiophene rings is 1. The Balaban J connectivity index is 1.40. The molecular weight excluding hydrogens is 735 g/mol. The standard InChI is InChI=1S/C50H38N5O2S/c1-52(39-19-9-4-10-20-39)41-31-27-37(28-32-41)47(38-29-33-42(34-30-38)53(2)40-21-11-5-12-22-40)49-48(36-17-7-3-8-18-36)44(35-51)50(58-49)54(43-23-13-6-14-24-43)45-25-15-16-26-46(45)55(56)57/h3-34H,1-2H3/q+1. The Kier molecular flexibility index (Phi) is 10.7. The van der Waals surface area contributed by atoms with Gasteiger partial charge in [-0.2, -0.15) is 9.84 Å². The SMILES string of the molecule is CN(c1ccccc1)c1ccc(C(=C2C=CC(=[N+](C)c3ccccc3)C=C2)c2sc(N(c3ccccc3)c3ccccc3[N+](=O)[O-])c(C#N)c2-c2ccccc2)cc1. The summed E-state index contributed by atoms with van der Waals surface area (Å²) in [5.74, 6) is 0. The molecule has 58 heavy (non-hydrogen) atoms. The van der Waals surface area contributed by atoms with Crippen LogP contribution in [0.2, 0.25) is 0 Å². The third-order valence-electron chi connectivity index (χ3n) is 10.2. The Morgan fingerprint density at radius 1 is 0.655 bits per heavy atom. The van der Waals surface area contributed by atoms with Gasteiger partial charge < -0.3 is 4.90 Å². The van der Waals surface area contributed by atoms with Crippen molar-refractivity contribution in [2.24, 2.45) is 0 Å². The van der Waals surface area contributed by atoms with Gasteiger partial charge in [0, 0.05) is 70.5 Å². The van der Waals surface area contributed by atoms with E-state index in [9.17, 15) is 15.4 Å². The highest BCUT2D eigenvalue weighted by Gasteiger charge is 2.31. The summed E-state index contributed by atoms with van der Waals surface area (Å²) in [7, 11) is 4.10. The summed E-state index contributed by atoms with van der Waals surface area (Å²) in [5.41, 5.74) is 10.1. The molecule has 0 amide bonds. The fraction of sp³-hybridized carbons (Fsp3) is 0.0400. The van der Waals surface area contributed by atoms with Crippen molar-refractivity contribution in [1.29, 1.82) is 5.26 Å². The zero-order valence-corrected chi connectivity index (χ0v) is 32.8. The van der Waals surface area contributed by atoms with E-state index in [4.69, 9.17) is 0 Å². The average Bonchev–Trinajstić information content (AvgIpc) is 3.66. The van der Waals surface area contributed by atoms with E-state index >= 15 is 0 Å². The zero-order valence-electron chi connectivity index (χ0n) is 31.9. The van der Waals surface area contributed by atoms with Crippen LogP contribution in [0.3, 0.4) is 0 Å². The first-order chi connectivity index (χ1) is 28.4. The first-order valence-corrected chi connectivity index (χ1v) is 19.6. The molecule has 0 atom stereocenters. The van der Waals surface area contributed by atoms with Gasteiger partial charge in [0.25, 0.3) is 5.69 Å². The van der Waals surface area contributed by atoms with E-state index in [-0.39, 0.29) is 10.6 Å². The maximum atomic E-state index is 12.6. The van der Waals surface area contributed by atoms with E-state index in [1.165, 1.54) is 17.4 Å². The number of rotatable bonds is 10. The average molecular weight is 773 g/mol. The van der Waals surface area contributed by atoms with Crippen LogP contribution in [0.1, 0.15) is 16.0 Å². The van der Waals surface area contributed by atoms with Crippen molar-refractivity contribution < 1.29 is 9.50 Å². The van der Waals surface area contributed by atoms with Crippen molar-refractivity contribution >= 4 is 61.7 Å². The van der Waals surface area contributed by atoms with Gasteiger partial charge in [0.15, 0.2) is 0 Å². The molecule has 0 aliphatic heterocycles. The number of hydrogen-bond acceptors (Lipinski definition) is 6. The van der Waals surface area contributed by atoms with E-state index < -0.39 is 0 Å². The molecule has 0 saturated carbocycles. The number of anilines is 5. The lowest BCUT2D eigenvalue weighted by Gasteiger charge is -2.24. The second-order valence-corrected chi connectivity index (χ2v) is 14.6. The van der Waals surface area contributed by atoms with Crippen LogP contribution in [0.5, 0.6) is 0 Å². The van der Waals surface area contributed by atoms with Crippen LogP contribution in [0.4, 0.5) is 39.1 Å². The summed E-state index contributed by atoms with van der Waals surface area (Å²) < 4.78 is 2.15. The lowest BCUT2D eigenvalue weighted by molar-refractivity contribution is -0.403. The number of para-hydroxylation sites is 5. The van der Waals surface area contributed by atoms with Crippen LogP contribution in [0, 0.1) is 21.4 Å². The van der Waals surface area contributed by atoms with Gasteiger partial charge in [0.1, 0.15) is 23.8 Å². The maximum Gasteiger partial charge on any atom is 0.293 e. The number of nitro groups is 1. The molecular formula is C50H38N5O2S+. The second kappa shape index (κ2) is 16.6. The Bertz CT molecular complexity index is 2750. The normalized spacial score (nSPS) is 11.9. The third kappa shape index (κ3) is 7.38. The summed E-state index contributed by atoms with van der Waals surface area (Å²) in [6.07, 6.45) is 8.49. The molecule has 0 unspecified atom stereocenters. The smallest absolute Gasteiger partial charge is 0.293 e. The molecule has 0 N–H and O–H groups in total. The largest absolute Gasteiger partial charge is 0.345 e. The molecule has 0 fully saturated rings. The molecule has 1 heterocycles. The highest BCUT2D eigenvalue weighted by Crippen LogP contribution is 2.52. The van der Waals surface area contributed by atoms with Gasteiger partial charge in [-0.05, 0) is 71.3 Å². The van der Waals surface area contributed by atoms with Crippen molar-refractivity contribution in [2.75, 3.05) is 23.9 Å². The molecule has 0 saturated heterocycles. The van der Waals surface area contributed by atoms with Crippen LogP contribution in [0.15, 0.2) is 200 Å². The molecule has 0 spiro atoms. The number of nitriles is 1. The molecule has 7 nitrogen and oxygen atoms in total. The zero-order chi connectivity index (χ0) is 40.0. The number of allylic oxidation sites excluding steroid dienone is 5. The summed E-state index contributed by atoms with van der Waals surface area (Å²) in [6.45, 7) is 0. The van der Waals surface area contributed by atoms with Crippen molar-refractivity contribution in [1.82, 2.24) is 0 Å². The Hall–Kier alpha value is -7.60. The maximum absolute atomic E-state index is 12.6. The molecule has 1 aromatic heterocycles. The minimum absolute atomic E-state index is 0.0630. The van der Waals surface area contributed by atoms with Crippen LogP contribution < -0.4 is 9.80 Å². The topological polar surface area (TPSA) is 76.4 Å². The van der Waals surface area contributed by atoms with Gasteiger partial charge in [-0.25, -0.2) is 0 Å². The fourth-order valence-electron chi connectivity index (χ4n) is 7.22. The van der Waals surface area contributed by atoms with E-state index in [0.717, 1.165) is 55.5 Å². The van der Waals surface area contributed by atoms with E-state index in [1.807, 2.05) is 102 Å². The first-order valence-electron chi connectivity index (χ1n) is 18.8. The van der Waals surface area contributed by atoms with Crippen molar-refractivity contribution in [3.63, 3.8) is 0 Å². The molecule has 0 bridgehead atoms. The fourth-order valence-corrected chi connectivity index (χ4v) is 8.62. The summed E-state index contributed by atoms with van der Waals surface area (Å²) in [5, 5.41) is 24.3. The van der Waals surface area contributed by atoms with Gasteiger partial charge >= 0.3 is 0 Å². The van der Waals surface area contributed by atoms with Crippen LogP contribution in [-0.4, -0.2) is 29.3 Å². The first kappa shape index (κ1) is 37.3. The minimum atomic E-state index is -0.371. The molecule has 6 aromatic carbocycles. The summed E-state index contributed by atoms with van der Waals surface area (Å²) in [6, 6.07) is 57.7. The third-order valence-corrected chi connectivity index (χ3v) is 11.4. The highest BCUT2D eigenvalue weighted by molar-refractivity contribution is 7.18. The molecule has 8 heteroatoms. The summed E-state index contributed by atoms with van der Waals surface area (Å²) in [4.78, 5) is 17.0. The van der Waals surface area contributed by atoms with Crippen molar-refractivity contribution in [2.45, 2.75) is 0 Å². The molecule has 7 aromatic rings.